The Morgan fingerprint density at radius 3 is 2.41 bits per heavy atom. The number of hydrogen-bond donors (Lipinski definition) is 1. The third-order valence-corrected chi connectivity index (χ3v) is 3.90. The monoisotopic (exact) mass is 360 g/mol. The third-order valence-electron chi connectivity index (χ3n) is 2.51. The summed E-state index contributed by atoms with van der Waals surface area (Å²) >= 11 is 6.79. The second kappa shape index (κ2) is 4.74. The van der Waals surface area contributed by atoms with E-state index in [0.29, 0.717) is 16.0 Å². The maximum absolute atomic E-state index is 9.72. The Balaban J connectivity index is 2.97. The largest absolute Gasteiger partial charge is 0.507 e. The quantitative estimate of drug-likeness (QED) is 0.875. The van der Waals surface area contributed by atoms with Crippen molar-refractivity contribution in [2.45, 2.75) is 0 Å². The molecule has 1 N–H and O–H groups in total. The van der Waals surface area contributed by atoms with Crippen molar-refractivity contribution >= 4 is 42.6 Å². The number of phenolic OH excluding ortho intramolecular Hbond substituents is 1. The molecule has 0 aliphatic heterocycles. The highest BCUT2D eigenvalue weighted by Gasteiger charge is 2.16. The first kappa shape index (κ1) is 12.5. The standard InChI is InChI=1S/C12H10Br2O3/c1-16-9-5-7(13)12(17-2)6-3-4-8(15)11(14)10(6)9/h3-5,15H,1-2H3. The van der Waals surface area contributed by atoms with Crippen LogP contribution in [0.1, 0.15) is 0 Å². The number of phenols is 1. The number of hydrogen-bond acceptors (Lipinski definition) is 3. The van der Waals surface area contributed by atoms with Crippen molar-refractivity contribution in [2.24, 2.45) is 0 Å². The molecule has 2 aromatic carbocycles. The number of aromatic hydroxyl groups is 1. The Bertz CT molecular complexity index is 582. The molecule has 0 aliphatic carbocycles. The maximum atomic E-state index is 9.72. The summed E-state index contributed by atoms with van der Waals surface area (Å²) in [6, 6.07) is 5.22. The fourth-order valence-electron chi connectivity index (χ4n) is 1.75. The molecule has 0 bridgehead atoms. The third kappa shape index (κ3) is 1.98. The summed E-state index contributed by atoms with van der Waals surface area (Å²) in [4.78, 5) is 0. The average Bonchev–Trinajstić information content (AvgIpc) is 2.32. The lowest BCUT2D eigenvalue weighted by Crippen LogP contribution is -1.92. The molecule has 0 atom stereocenters. The highest BCUT2D eigenvalue weighted by Crippen LogP contribution is 2.45. The van der Waals surface area contributed by atoms with Gasteiger partial charge in [0.05, 0.1) is 23.2 Å². The molecule has 90 valence electrons. The zero-order valence-corrected chi connectivity index (χ0v) is 12.4. The Hall–Kier alpha value is -0.940. The van der Waals surface area contributed by atoms with E-state index in [1.165, 1.54) is 0 Å². The number of rotatable bonds is 2. The maximum Gasteiger partial charge on any atom is 0.141 e. The molecule has 17 heavy (non-hydrogen) atoms. The van der Waals surface area contributed by atoms with Gasteiger partial charge >= 0.3 is 0 Å². The first-order valence-electron chi connectivity index (χ1n) is 4.81. The fourth-order valence-corrected chi connectivity index (χ4v) is 2.87. The minimum absolute atomic E-state index is 0.167. The normalized spacial score (nSPS) is 10.6. The van der Waals surface area contributed by atoms with Crippen molar-refractivity contribution in [2.75, 3.05) is 14.2 Å². The van der Waals surface area contributed by atoms with Crippen LogP contribution in [0.2, 0.25) is 0 Å². The van der Waals surface area contributed by atoms with Crippen molar-refractivity contribution in [3.05, 3.63) is 27.1 Å². The molecular weight excluding hydrogens is 352 g/mol. The van der Waals surface area contributed by atoms with E-state index < -0.39 is 0 Å². The summed E-state index contributed by atoms with van der Waals surface area (Å²) in [7, 11) is 3.19. The molecule has 2 aromatic rings. The number of methoxy groups -OCH3 is 2. The van der Waals surface area contributed by atoms with Crippen LogP contribution in [0.5, 0.6) is 17.2 Å². The van der Waals surface area contributed by atoms with Gasteiger partial charge in [0.25, 0.3) is 0 Å². The molecular formula is C12H10Br2O3. The number of benzene rings is 2. The molecule has 0 spiro atoms. The topological polar surface area (TPSA) is 38.7 Å². The second-order valence-corrected chi connectivity index (χ2v) is 5.06. The molecule has 0 aromatic heterocycles. The van der Waals surface area contributed by atoms with E-state index in [4.69, 9.17) is 9.47 Å². The van der Waals surface area contributed by atoms with Crippen LogP contribution in [0.3, 0.4) is 0 Å². The lowest BCUT2D eigenvalue weighted by Gasteiger charge is -2.13. The van der Waals surface area contributed by atoms with E-state index in [1.54, 1.807) is 26.4 Å². The molecule has 0 saturated carbocycles. The molecule has 2 rings (SSSR count). The van der Waals surface area contributed by atoms with Gasteiger partial charge in [0.1, 0.15) is 17.2 Å². The van der Waals surface area contributed by atoms with Crippen LogP contribution < -0.4 is 9.47 Å². The first-order valence-corrected chi connectivity index (χ1v) is 6.40. The summed E-state index contributed by atoms with van der Waals surface area (Å²) in [5, 5.41) is 11.4. The Labute approximate surface area is 116 Å². The first-order chi connectivity index (χ1) is 8.10. The molecule has 0 saturated heterocycles. The van der Waals surface area contributed by atoms with Crippen molar-refractivity contribution < 1.29 is 14.6 Å². The predicted octanol–water partition coefficient (Wildman–Crippen LogP) is 4.09. The van der Waals surface area contributed by atoms with Gasteiger partial charge in [-0.1, -0.05) is 0 Å². The van der Waals surface area contributed by atoms with Gasteiger partial charge in [-0.05, 0) is 50.1 Å². The van der Waals surface area contributed by atoms with Crippen molar-refractivity contribution in [3.63, 3.8) is 0 Å². The molecule has 0 unspecified atom stereocenters. The summed E-state index contributed by atoms with van der Waals surface area (Å²) in [5.41, 5.74) is 0. The van der Waals surface area contributed by atoms with Crippen LogP contribution in [0, 0.1) is 0 Å². The number of halogens is 2. The predicted molar refractivity (Wildman–Crippen MR) is 74.1 cm³/mol. The number of fused-ring (bicyclic) bond motifs is 1. The molecule has 0 heterocycles. The summed E-state index contributed by atoms with van der Waals surface area (Å²) in [6.07, 6.45) is 0. The van der Waals surface area contributed by atoms with Crippen LogP contribution >= 0.6 is 31.9 Å². The molecule has 0 fully saturated rings. The van der Waals surface area contributed by atoms with Gasteiger partial charge in [0.15, 0.2) is 0 Å². The van der Waals surface area contributed by atoms with E-state index in [9.17, 15) is 5.11 Å². The lowest BCUT2D eigenvalue weighted by atomic mass is 10.1. The van der Waals surface area contributed by atoms with Crippen LogP contribution in [-0.4, -0.2) is 19.3 Å². The second-order valence-electron chi connectivity index (χ2n) is 3.42. The van der Waals surface area contributed by atoms with Crippen molar-refractivity contribution in [1.82, 2.24) is 0 Å². The minimum atomic E-state index is 0.167. The van der Waals surface area contributed by atoms with Crippen LogP contribution in [0.15, 0.2) is 27.1 Å². The van der Waals surface area contributed by atoms with Crippen LogP contribution in [0.25, 0.3) is 10.8 Å². The zero-order valence-electron chi connectivity index (χ0n) is 9.25. The van der Waals surface area contributed by atoms with E-state index in [0.717, 1.165) is 15.2 Å². The Morgan fingerprint density at radius 2 is 1.82 bits per heavy atom. The molecule has 0 aliphatic rings. The summed E-state index contributed by atoms with van der Waals surface area (Å²) < 4.78 is 12.1. The Morgan fingerprint density at radius 1 is 1.12 bits per heavy atom. The van der Waals surface area contributed by atoms with E-state index in [2.05, 4.69) is 31.9 Å². The van der Waals surface area contributed by atoms with Gasteiger partial charge < -0.3 is 14.6 Å². The van der Waals surface area contributed by atoms with E-state index in [1.807, 2.05) is 6.07 Å². The lowest BCUT2D eigenvalue weighted by molar-refractivity contribution is 0.407. The molecule has 3 nitrogen and oxygen atoms in total. The van der Waals surface area contributed by atoms with Crippen molar-refractivity contribution in [3.8, 4) is 17.2 Å². The van der Waals surface area contributed by atoms with Gasteiger partial charge in [-0.15, -0.1) is 0 Å². The van der Waals surface area contributed by atoms with Gasteiger partial charge in [-0.25, -0.2) is 0 Å². The van der Waals surface area contributed by atoms with Crippen LogP contribution in [0.4, 0.5) is 0 Å². The van der Waals surface area contributed by atoms with Crippen molar-refractivity contribution in [1.29, 1.82) is 0 Å². The zero-order chi connectivity index (χ0) is 12.6. The summed E-state index contributed by atoms with van der Waals surface area (Å²) in [6.45, 7) is 0. The van der Waals surface area contributed by atoms with Gasteiger partial charge in [-0.2, -0.15) is 0 Å². The minimum Gasteiger partial charge on any atom is -0.507 e. The smallest absolute Gasteiger partial charge is 0.141 e. The van der Waals surface area contributed by atoms with E-state index >= 15 is 0 Å². The van der Waals surface area contributed by atoms with E-state index in [-0.39, 0.29) is 5.75 Å². The van der Waals surface area contributed by atoms with Gasteiger partial charge in [-0.3, -0.25) is 0 Å². The Kier molecular flexibility index (Phi) is 3.49. The molecule has 5 heteroatoms. The van der Waals surface area contributed by atoms with Crippen LogP contribution in [-0.2, 0) is 0 Å². The summed E-state index contributed by atoms with van der Waals surface area (Å²) in [5.74, 6) is 1.54. The molecule has 0 radical (unpaired) electrons. The molecule has 0 amide bonds. The fraction of sp³-hybridized carbons (Fsp3) is 0.167. The average molecular weight is 362 g/mol. The highest BCUT2D eigenvalue weighted by molar-refractivity contribution is 9.11. The SMILES string of the molecule is COc1c(Br)cc(OC)c2c(Br)c(O)ccc12. The van der Waals surface area contributed by atoms with Gasteiger partial charge in [0, 0.05) is 10.8 Å². The van der Waals surface area contributed by atoms with Gasteiger partial charge in [0.2, 0.25) is 0 Å². The highest BCUT2D eigenvalue weighted by atomic mass is 79.9. The number of ether oxygens (including phenoxy) is 2.